The molecule has 0 bridgehead atoms. The first-order valence-corrected chi connectivity index (χ1v) is 9.51. The van der Waals surface area contributed by atoms with Gasteiger partial charge in [-0.15, -0.1) is 11.7 Å². The fraction of sp³-hybridized carbons (Fsp3) is 0.278. The van der Waals surface area contributed by atoms with E-state index in [-0.39, 0.29) is 0 Å². The van der Waals surface area contributed by atoms with Crippen molar-refractivity contribution in [3.05, 3.63) is 59.9 Å². The van der Waals surface area contributed by atoms with Crippen molar-refractivity contribution >= 4 is 40.3 Å². The highest BCUT2D eigenvalue weighted by atomic mass is 33.1. The molecule has 0 saturated heterocycles. The Morgan fingerprint density at radius 3 is 2.18 bits per heavy atom. The summed E-state index contributed by atoms with van der Waals surface area (Å²) < 4.78 is 2.16. The Kier molecular flexibility index (Phi) is 6.87. The van der Waals surface area contributed by atoms with Crippen LogP contribution in [0.2, 0.25) is 0 Å². The van der Waals surface area contributed by atoms with E-state index in [0.717, 1.165) is 18.8 Å². The Hall–Kier alpha value is -1.39. The van der Waals surface area contributed by atoms with Crippen molar-refractivity contribution in [1.82, 2.24) is 0 Å². The number of anilines is 1. The van der Waals surface area contributed by atoms with Crippen LogP contribution in [0.3, 0.4) is 0 Å². The van der Waals surface area contributed by atoms with Crippen LogP contribution < -0.4 is 9.47 Å². The Bertz CT molecular complexity index is 591. The van der Waals surface area contributed by atoms with Gasteiger partial charge < -0.3 is 4.90 Å². The maximum Gasteiger partial charge on any atom is 0.169 e. The van der Waals surface area contributed by atoms with E-state index in [1.54, 1.807) is 10.8 Å². The highest BCUT2D eigenvalue weighted by molar-refractivity contribution is 8.68. The van der Waals surface area contributed by atoms with Crippen molar-refractivity contribution in [3.8, 4) is 0 Å². The molecular weight excluding hydrogens is 308 g/mol. The van der Waals surface area contributed by atoms with Crippen molar-refractivity contribution in [1.29, 1.82) is 0 Å². The molecule has 0 spiro atoms. The van der Waals surface area contributed by atoms with Gasteiger partial charge in [0.05, 0.1) is 0 Å². The first-order valence-electron chi connectivity index (χ1n) is 7.47. The number of aromatic nitrogens is 1. The number of hydrogen-bond donors (Lipinski definition) is 1. The van der Waals surface area contributed by atoms with Gasteiger partial charge in [0.25, 0.3) is 0 Å². The molecule has 116 valence electrons. The number of thiol groups is 1. The molecule has 0 aliphatic heterocycles. The first-order chi connectivity index (χ1) is 10.7. The first kappa shape index (κ1) is 17.0. The molecule has 1 aromatic heterocycles. The van der Waals surface area contributed by atoms with Crippen LogP contribution in [0, 0.1) is 0 Å². The van der Waals surface area contributed by atoms with E-state index < -0.39 is 0 Å². The third kappa shape index (κ3) is 5.11. The molecule has 0 amide bonds. The number of benzene rings is 1. The second-order valence-electron chi connectivity index (χ2n) is 5.14. The predicted octanol–water partition coefficient (Wildman–Crippen LogP) is 4.18. The molecule has 1 heterocycles. The zero-order valence-electron chi connectivity index (χ0n) is 13.1. The van der Waals surface area contributed by atoms with Gasteiger partial charge >= 0.3 is 0 Å². The van der Waals surface area contributed by atoms with Gasteiger partial charge in [0.15, 0.2) is 12.4 Å². The van der Waals surface area contributed by atoms with E-state index in [2.05, 4.69) is 96.0 Å². The highest BCUT2D eigenvalue weighted by Gasteiger charge is 2.00. The van der Waals surface area contributed by atoms with Crippen LogP contribution in [0.5, 0.6) is 0 Å². The van der Waals surface area contributed by atoms with Gasteiger partial charge in [-0.05, 0) is 30.2 Å². The van der Waals surface area contributed by atoms with Crippen molar-refractivity contribution in [2.24, 2.45) is 0 Å². The van der Waals surface area contributed by atoms with Gasteiger partial charge in [-0.3, -0.25) is 0 Å². The lowest BCUT2D eigenvalue weighted by molar-refractivity contribution is -0.693. The minimum Gasteiger partial charge on any atom is -0.374 e. The molecule has 0 N–H and O–H groups in total. The van der Waals surface area contributed by atoms with Crippen molar-refractivity contribution in [2.75, 3.05) is 24.2 Å². The number of rotatable bonds is 7. The summed E-state index contributed by atoms with van der Waals surface area (Å²) in [6, 6.07) is 12.9. The number of pyridine rings is 1. The van der Waals surface area contributed by atoms with Crippen LogP contribution in [-0.2, 0) is 6.54 Å². The summed E-state index contributed by atoms with van der Waals surface area (Å²) in [4.78, 5) is 2.25. The van der Waals surface area contributed by atoms with Crippen molar-refractivity contribution in [3.63, 3.8) is 0 Å². The largest absolute Gasteiger partial charge is 0.374 e. The smallest absolute Gasteiger partial charge is 0.169 e. The van der Waals surface area contributed by atoms with Crippen LogP contribution in [0.1, 0.15) is 18.1 Å². The molecule has 2 rings (SSSR count). The van der Waals surface area contributed by atoms with Crippen LogP contribution in [-0.4, -0.2) is 19.3 Å². The SMILES string of the molecule is CC[n+]1ccc(/C=C/c2ccc(N(C)CCSS)cc2)cc1. The number of hydrogen-bond acceptors (Lipinski definition) is 3. The third-order valence-corrected chi connectivity index (χ3v) is 4.52. The topological polar surface area (TPSA) is 7.12 Å². The molecule has 0 fully saturated rings. The zero-order chi connectivity index (χ0) is 15.8. The summed E-state index contributed by atoms with van der Waals surface area (Å²) in [5, 5.41) is 0. The quantitative estimate of drug-likeness (QED) is 0.462. The summed E-state index contributed by atoms with van der Waals surface area (Å²) in [5.41, 5.74) is 3.67. The molecule has 0 unspecified atom stereocenters. The lowest BCUT2D eigenvalue weighted by atomic mass is 10.1. The Labute approximate surface area is 142 Å². The van der Waals surface area contributed by atoms with Crippen molar-refractivity contribution in [2.45, 2.75) is 13.5 Å². The zero-order valence-corrected chi connectivity index (χ0v) is 14.9. The van der Waals surface area contributed by atoms with Crippen LogP contribution in [0.15, 0.2) is 48.8 Å². The molecule has 2 nitrogen and oxygen atoms in total. The summed E-state index contributed by atoms with van der Waals surface area (Å²) in [5.74, 6) is 1.02. The van der Waals surface area contributed by atoms with Gasteiger partial charge in [-0.25, -0.2) is 4.57 Å². The van der Waals surface area contributed by atoms with Crippen LogP contribution in [0.25, 0.3) is 12.2 Å². The minimum absolute atomic E-state index is 1.00. The molecule has 2 aromatic rings. The lowest BCUT2D eigenvalue weighted by Gasteiger charge is -2.18. The summed E-state index contributed by atoms with van der Waals surface area (Å²) in [6.07, 6.45) is 8.52. The van der Waals surface area contributed by atoms with E-state index in [9.17, 15) is 0 Å². The van der Waals surface area contributed by atoms with Gasteiger partial charge in [0, 0.05) is 37.2 Å². The predicted molar refractivity (Wildman–Crippen MR) is 102 cm³/mol. The molecule has 0 aliphatic rings. The van der Waals surface area contributed by atoms with Crippen molar-refractivity contribution < 1.29 is 4.57 Å². The van der Waals surface area contributed by atoms with Gasteiger partial charge in [-0.1, -0.05) is 35.1 Å². The average molecular weight is 332 g/mol. The second-order valence-corrected chi connectivity index (χ2v) is 6.58. The van der Waals surface area contributed by atoms with E-state index in [1.807, 2.05) is 0 Å². The number of nitrogens with zero attached hydrogens (tertiary/aromatic N) is 2. The minimum atomic E-state index is 1.00. The maximum atomic E-state index is 4.18. The van der Waals surface area contributed by atoms with E-state index >= 15 is 0 Å². The molecule has 1 aromatic carbocycles. The van der Waals surface area contributed by atoms with Crippen LogP contribution >= 0.6 is 22.5 Å². The molecule has 4 heteroatoms. The summed E-state index contributed by atoms with van der Waals surface area (Å²) in [6.45, 7) is 4.15. The monoisotopic (exact) mass is 331 g/mol. The van der Waals surface area contributed by atoms with Gasteiger partial charge in [-0.2, -0.15) is 0 Å². The molecular formula is C18H23N2S2+. The average Bonchev–Trinajstić information content (AvgIpc) is 2.58. The normalized spacial score (nSPS) is 11.0. The fourth-order valence-corrected chi connectivity index (χ4v) is 2.73. The molecule has 22 heavy (non-hydrogen) atoms. The van der Waals surface area contributed by atoms with Crippen LogP contribution in [0.4, 0.5) is 5.69 Å². The van der Waals surface area contributed by atoms with E-state index in [1.165, 1.54) is 16.8 Å². The second kappa shape index (κ2) is 8.91. The summed E-state index contributed by atoms with van der Waals surface area (Å²) in [7, 11) is 3.69. The highest BCUT2D eigenvalue weighted by Crippen LogP contribution is 2.16. The summed E-state index contributed by atoms with van der Waals surface area (Å²) >= 11 is 4.18. The van der Waals surface area contributed by atoms with Gasteiger partial charge in [0.2, 0.25) is 0 Å². The third-order valence-electron chi connectivity index (χ3n) is 3.60. The maximum absolute atomic E-state index is 4.18. The molecule has 0 radical (unpaired) electrons. The van der Waals surface area contributed by atoms with E-state index in [4.69, 9.17) is 0 Å². The Morgan fingerprint density at radius 1 is 1.05 bits per heavy atom. The Morgan fingerprint density at radius 2 is 1.64 bits per heavy atom. The fourth-order valence-electron chi connectivity index (χ4n) is 2.13. The standard InChI is InChI=1S/C18H22N2S2/c1-3-20-12-10-17(11-13-20)5-4-16-6-8-18(9-7-16)19(2)14-15-22-21/h4-13H,3,14-15H2,1-2H3/p+1. The molecule has 0 aliphatic carbocycles. The molecule has 0 atom stereocenters. The lowest BCUT2D eigenvalue weighted by Crippen LogP contribution is -2.30. The number of aryl methyl sites for hydroxylation is 1. The Balaban J connectivity index is 1.99. The molecule has 0 saturated carbocycles. The van der Waals surface area contributed by atoms with E-state index in [0.29, 0.717) is 0 Å². The van der Waals surface area contributed by atoms with Gasteiger partial charge in [0.1, 0.15) is 6.54 Å².